The third-order valence-electron chi connectivity index (χ3n) is 4.03. The van der Waals surface area contributed by atoms with E-state index in [1.807, 2.05) is 30.3 Å². The second-order valence-electron chi connectivity index (χ2n) is 5.89. The molecular formula is C19H22N2O5. The van der Waals surface area contributed by atoms with E-state index in [0.29, 0.717) is 5.56 Å². The Labute approximate surface area is 151 Å². The van der Waals surface area contributed by atoms with E-state index in [4.69, 9.17) is 4.74 Å². The summed E-state index contributed by atoms with van der Waals surface area (Å²) in [5.74, 6) is -1.97. The number of amides is 1. The summed E-state index contributed by atoms with van der Waals surface area (Å²) >= 11 is 0. The molecule has 0 radical (unpaired) electrons. The zero-order valence-corrected chi connectivity index (χ0v) is 14.6. The first-order valence-electron chi connectivity index (χ1n) is 8.10. The Morgan fingerprint density at radius 1 is 1.15 bits per heavy atom. The number of phenols is 1. The topological polar surface area (TPSA) is 108 Å². The highest BCUT2D eigenvalue weighted by Crippen LogP contribution is 2.31. The summed E-state index contributed by atoms with van der Waals surface area (Å²) < 4.78 is 5.07. The molecule has 7 nitrogen and oxygen atoms in total. The van der Waals surface area contributed by atoms with Crippen LogP contribution in [0.5, 0.6) is 11.5 Å². The van der Waals surface area contributed by atoms with Gasteiger partial charge in [-0.25, -0.2) is 5.43 Å². The van der Waals surface area contributed by atoms with Gasteiger partial charge in [-0.3, -0.25) is 15.0 Å². The number of benzene rings is 2. The van der Waals surface area contributed by atoms with Crippen molar-refractivity contribution in [2.24, 2.45) is 5.92 Å². The molecule has 7 heteroatoms. The normalized spacial score (nSPS) is 12.8. The largest absolute Gasteiger partial charge is 0.504 e. The number of phenolic OH excluding ortho intramolecular Hbond substituents is 1. The molecule has 2 unspecified atom stereocenters. The third-order valence-corrected chi connectivity index (χ3v) is 4.03. The van der Waals surface area contributed by atoms with Gasteiger partial charge >= 0.3 is 5.97 Å². The molecule has 4 N–H and O–H groups in total. The predicted octanol–water partition coefficient (Wildman–Crippen LogP) is 2.03. The van der Waals surface area contributed by atoms with Gasteiger partial charge in [0, 0.05) is 0 Å². The van der Waals surface area contributed by atoms with Crippen LogP contribution in [-0.2, 0) is 16.0 Å². The number of carbonyl (C=O) groups is 2. The monoisotopic (exact) mass is 358 g/mol. The van der Waals surface area contributed by atoms with E-state index in [2.05, 4.69) is 10.9 Å². The number of methoxy groups -OCH3 is 1. The molecule has 0 fully saturated rings. The lowest BCUT2D eigenvalue weighted by molar-refractivity contribution is -0.142. The van der Waals surface area contributed by atoms with E-state index >= 15 is 0 Å². The van der Waals surface area contributed by atoms with Crippen LogP contribution in [0.25, 0.3) is 0 Å². The van der Waals surface area contributed by atoms with Crippen LogP contribution in [0.3, 0.4) is 0 Å². The van der Waals surface area contributed by atoms with E-state index in [1.54, 1.807) is 6.07 Å². The smallest absolute Gasteiger partial charge is 0.308 e. The number of aromatic hydroxyl groups is 1. The Bertz CT molecular complexity index is 764. The first-order chi connectivity index (χ1) is 12.4. The van der Waals surface area contributed by atoms with Crippen molar-refractivity contribution in [3.8, 4) is 11.5 Å². The summed E-state index contributed by atoms with van der Waals surface area (Å²) in [5, 5.41) is 19.1. The second-order valence-corrected chi connectivity index (χ2v) is 5.89. The lowest BCUT2D eigenvalue weighted by Crippen LogP contribution is -2.44. The van der Waals surface area contributed by atoms with Gasteiger partial charge in [0.1, 0.15) is 0 Å². The summed E-state index contributed by atoms with van der Waals surface area (Å²) in [6, 6.07) is 13.0. The molecule has 138 valence electrons. The average molecular weight is 358 g/mol. The molecule has 26 heavy (non-hydrogen) atoms. The molecule has 2 aromatic rings. The second kappa shape index (κ2) is 8.87. The van der Waals surface area contributed by atoms with Crippen molar-refractivity contribution in [1.29, 1.82) is 0 Å². The lowest BCUT2D eigenvalue weighted by atomic mass is 9.95. The molecule has 0 heterocycles. The molecule has 0 saturated carbocycles. The van der Waals surface area contributed by atoms with Crippen LogP contribution in [0.1, 0.15) is 24.1 Å². The summed E-state index contributed by atoms with van der Waals surface area (Å²) in [7, 11) is 1.41. The number of hydrazine groups is 1. The first kappa shape index (κ1) is 19.3. The van der Waals surface area contributed by atoms with Crippen molar-refractivity contribution >= 4 is 11.9 Å². The molecule has 2 atom stereocenters. The van der Waals surface area contributed by atoms with Gasteiger partial charge in [-0.15, -0.1) is 0 Å². The quantitative estimate of drug-likeness (QED) is 0.538. The number of aliphatic carboxylic acids is 1. The fraction of sp³-hybridized carbons (Fsp3) is 0.263. The van der Waals surface area contributed by atoms with Crippen LogP contribution in [0.15, 0.2) is 48.5 Å². The van der Waals surface area contributed by atoms with Crippen LogP contribution >= 0.6 is 0 Å². The van der Waals surface area contributed by atoms with Crippen molar-refractivity contribution in [2.45, 2.75) is 19.4 Å². The SMILES string of the molecule is COc1cc(C(NNC(=O)Cc2ccccc2)C(C)C(=O)O)ccc1O. The van der Waals surface area contributed by atoms with Gasteiger partial charge in [0.05, 0.1) is 25.5 Å². The van der Waals surface area contributed by atoms with E-state index < -0.39 is 17.9 Å². The molecule has 0 aliphatic rings. The van der Waals surface area contributed by atoms with Gasteiger partial charge in [-0.05, 0) is 30.2 Å². The highest BCUT2D eigenvalue weighted by molar-refractivity contribution is 5.78. The summed E-state index contributed by atoms with van der Waals surface area (Å²) in [4.78, 5) is 23.6. The van der Waals surface area contributed by atoms with Crippen LogP contribution in [-0.4, -0.2) is 29.2 Å². The number of carboxylic acid groups (broad SMARTS) is 1. The molecule has 0 aliphatic carbocycles. The minimum Gasteiger partial charge on any atom is -0.504 e. The molecular weight excluding hydrogens is 336 g/mol. The Morgan fingerprint density at radius 2 is 1.85 bits per heavy atom. The van der Waals surface area contributed by atoms with Crippen LogP contribution in [0, 0.1) is 5.92 Å². The maximum Gasteiger partial charge on any atom is 0.308 e. The Kier molecular flexibility index (Phi) is 6.57. The van der Waals surface area contributed by atoms with Gasteiger partial charge in [-0.1, -0.05) is 36.4 Å². The minimum absolute atomic E-state index is 0.0499. The van der Waals surface area contributed by atoms with Crippen LogP contribution in [0.2, 0.25) is 0 Å². The van der Waals surface area contributed by atoms with Gasteiger partial charge in [0.15, 0.2) is 11.5 Å². The molecule has 2 aromatic carbocycles. The maximum atomic E-state index is 12.1. The van der Waals surface area contributed by atoms with E-state index in [1.165, 1.54) is 26.2 Å². The fourth-order valence-corrected chi connectivity index (χ4v) is 2.51. The summed E-state index contributed by atoms with van der Waals surface area (Å²) in [5.41, 5.74) is 6.76. The summed E-state index contributed by atoms with van der Waals surface area (Å²) in [6.07, 6.45) is 0.168. The molecule has 2 rings (SSSR count). The van der Waals surface area contributed by atoms with Gasteiger partial charge in [0.2, 0.25) is 5.91 Å². The molecule has 0 saturated heterocycles. The van der Waals surface area contributed by atoms with Crippen molar-refractivity contribution in [3.63, 3.8) is 0 Å². The number of nitrogens with one attached hydrogen (secondary N) is 2. The highest BCUT2D eigenvalue weighted by Gasteiger charge is 2.26. The third kappa shape index (κ3) is 4.97. The molecule has 0 spiro atoms. The molecule has 0 aromatic heterocycles. The minimum atomic E-state index is -1.02. The number of hydrogen-bond acceptors (Lipinski definition) is 5. The maximum absolute atomic E-state index is 12.1. The Morgan fingerprint density at radius 3 is 2.46 bits per heavy atom. The van der Waals surface area contributed by atoms with Gasteiger partial charge in [-0.2, -0.15) is 0 Å². The van der Waals surface area contributed by atoms with Crippen molar-refractivity contribution in [2.75, 3.05) is 7.11 Å². The fourth-order valence-electron chi connectivity index (χ4n) is 2.51. The predicted molar refractivity (Wildman–Crippen MR) is 95.6 cm³/mol. The van der Waals surface area contributed by atoms with E-state index in [-0.39, 0.29) is 23.8 Å². The number of carbonyl (C=O) groups excluding carboxylic acids is 1. The molecule has 0 aliphatic heterocycles. The van der Waals surface area contributed by atoms with Crippen molar-refractivity contribution in [3.05, 3.63) is 59.7 Å². The zero-order chi connectivity index (χ0) is 19.1. The highest BCUT2D eigenvalue weighted by atomic mass is 16.5. The van der Waals surface area contributed by atoms with Crippen LogP contribution in [0.4, 0.5) is 0 Å². The Hall–Kier alpha value is -3.06. The average Bonchev–Trinajstić information content (AvgIpc) is 2.63. The summed E-state index contributed by atoms with van der Waals surface area (Å²) in [6.45, 7) is 1.53. The Balaban J connectivity index is 2.12. The number of carboxylic acids is 1. The van der Waals surface area contributed by atoms with Gasteiger partial charge < -0.3 is 14.9 Å². The van der Waals surface area contributed by atoms with E-state index in [9.17, 15) is 19.8 Å². The first-order valence-corrected chi connectivity index (χ1v) is 8.10. The van der Waals surface area contributed by atoms with Crippen molar-refractivity contribution in [1.82, 2.24) is 10.9 Å². The standard InChI is InChI=1S/C19H22N2O5/c1-12(19(24)25)18(14-8-9-15(22)16(11-14)26-2)21-20-17(23)10-13-6-4-3-5-7-13/h3-9,11-12,18,21-22H,10H2,1-2H3,(H,20,23)(H,24,25). The number of rotatable bonds is 8. The molecule has 0 bridgehead atoms. The van der Waals surface area contributed by atoms with E-state index in [0.717, 1.165) is 5.56 Å². The molecule has 1 amide bonds. The number of ether oxygens (including phenoxy) is 1. The van der Waals surface area contributed by atoms with Crippen molar-refractivity contribution < 1.29 is 24.5 Å². The van der Waals surface area contributed by atoms with Gasteiger partial charge in [0.25, 0.3) is 0 Å². The number of hydrogen-bond donors (Lipinski definition) is 4. The zero-order valence-electron chi connectivity index (χ0n) is 14.6. The van der Waals surface area contributed by atoms with Crippen LogP contribution < -0.4 is 15.6 Å². The lowest BCUT2D eigenvalue weighted by Gasteiger charge is -2.24.